The fourth-order valence-electron chi connectivity index (χ4n) is 1.86. The van der Waals surface area contributed by atoms with Gasteiger partial charge in [-0.1, -0.05) is 13.8 Å². The van der Waals surface area contributed by atoms with Crippen LogP contribution in [0, 0.1) is 13.8 Å². The fraction of sp³-hybridized carbons (Fsp3) is 0.455. The monoisotopic (exact) mass is 210 g/mol. The molecule has 0 atom stereocenters. The molecule has 0 aromatic carbocycles. The van der Waals surface area contributed by atoms with Crippen LogP contribution in [0.4, 0.5) is 0 Å². The van der Waals surface area contributed by atoms with Crippen molar-refractivity contribution in [3.8, 4) is 0 Å². The Bertz CT molecular complexity index is 432. The molecule has 0 N–H and O–H groups in total. The van der Waals surface area contributed by atoms with Crippen LogP contribution in [-0.4, -0.2) is 0 Å². The average Bonchev–Trinajstić information content (AvgIpc) is 2.41. The van der Waals surface area contributed by atoms with Gasteiger partial charge in [-0.15, -0.1) is 22.7 Å². The second-order valence-electron chi connectivity index (χ2n) is 3.78. The molecule has 2 aromatic heterocycles. The van der Waals surface area contributed by atoms with Gasteiger partial charge >= 0.3 is 0 Å². The first kappa shape index (κ1) is 9.22. The van der Waals surface area contributed by atoms with Crippen molar-refractivity contribution in [1.29, 1.82) is 0 Å². The largest absolute Gasteiger partial charge is 0.130 e. The van der Waals surface area contributed by atoms with E-state index in [9.17, 15) is 0 Å². The van der Waals surface area contributed by atoms with Gasteiger partial charge in [-0.2, -0.15) is 0 Å². The van der Waals surface area contributed by atoms with Crippen molar-refractivity contribution in [2.45, 2.75) is 33.6 Å². The predicted molar refractivity (Wildman–Crippen MR) is 63.3 cm³/mol. The van der Waals surface area contributed by atoms with E-state index in [-0.39, 0.29) is 0 Å². The Morgan fingerprint density at radius 2 is 1.85 bits per heavy atom. The van der Waals surface area contributed by atoms with E-state index in [1.54, 1.807) is 5.56 Å². The van der Waals surface area contributed by atoms with E-state index in [0.717, 1.165) is 0 Å². The molecule has 0 saturated carbocycles. The third-order valence-corrected chi connectivity index (χ3v) is 4.59. The van der Waals surface area contributed by atoms with Crippen LogP contribution in [0.3, 0.4) is 0 Å². The second kappa shape index (κ2) is 3.10. The zero-order valence-electron chi connectivity index (χ0n) is 8.47. The molecule has 2 aromatic rings. The van der Waals surface area contributed by atoms with E-state index in [2.05, 4.69) is 33.8 Å². The van der Waals surface area contributed by atoms with Gasteiger partial charge in [0.2, 0.25) is 0 Å². The van der Waals surface area contributed by atoms with Crippen LogP contribution in [0.5, 0.6) is 0 Å². The maximum Gasteiger partial charge on any atom is 0.0873 e. The minimum absolute atomic E-state index is 0.655. The van der Waals surface area contributed by atoms with Crippen LogP contribution in [0.25, 0.3) is 9.40 Å². The van der Waals surface area contributed by atoms with E-state index in [0.29, 0.717) is 5.92 Å². The standard InChI is InChI=1S/C11H14S2/c1-6(2)10-8(4)13-11-9(10)5-7(3)12-11/h5-6H,1-4H3. The Kier molecular flexibility index (Phi) is 2.20. The summed E-state index contributed by atoms with van der Waals surface area (Å²) in [6.07, 6.45) is 0. The topological polar surface area (TPSA) is 0 Å². The molecule has 0 aliphatic carbocycles. The van der Waals surface area contributed by atoms with Crippen LogP contribution >= 0.6 is 22.7 Å². The lowest BCUT2D eigenvalue weighted by atomic mass is 10.0. The Morgan fingerprint density at radius 3 is 2.46 bits per heavy atom. The number of rotatable bonds is 1. The highest BCUT2D eigenvalue weighted by molar-refractivity contribution is 7.38. The van der Waals surface area contributed by atoms with E-state index in [1.807, 2.05) is 22.7 Å². The van der Waals surface area contributed by atoms with Crippen LogP contribution in [0.15, 0.2) is 6.07 Å². The van der Waals surface area contributed by atoms with Gasteiger partial charge in [0.15, 0.2) is 0 Å². The molecule has 0 fully saturated rings. The molecule has 0 amide bonds. The number of hydrogen-bond acceptors (Lipinski definition) is 2. The van der Waals surface area contributed by atoms with Crippen molar-refractivity contribution in [2.75, 3.05) is 0 Å². The van der Waals surface area contributed by atoms with Gasteiger partial charge in [0, 0.05) is 15.1 Å². The van der Waals surface area contributed by atoms with Crippen LogP contribution in [0.2, 0.25) is 0 Å². The van der Waals surface area contributed by atoms with Crippen molar-refractivity contribution in [3.63, 3.8) is 0 Å². The zero-order valence-corrected chi connectivity index (χ0v) is 10.1. The number of hydrogen-bond donors (Lipinski definition) is 0. The Labute approximate surface area is 87.2 Å². The van der Waals surface area contributed by atoms with Gasteiger partial charge in [-0.05, 0) is 31.4 Å². The van der Waals surface area contributed by atoms with Crippen LogP contribution in [0.1, 0.15) is 35.1 Å². The summed E-state index contributed by atoms with van der Waals surface area (Å²) in [7, 11) is 0. The van der Waals surface area contributed by atoms with Gasteiger partial charge in [0.25, 0.3) is 0 Å². The molecular formula is C11H14S2. The van der Waals surface area contributed by atoms with Crippen LogP contribution < -0.4 is 0 Å². The van der Waals surface area contributed by atoms with Crippen LogP contribution in [-0.2, 0) is 0 Å². The van der Waals surface area contributed by atoms with E-state index < -0.39 is 0 Å². The molecule has 70 valence electrons. The normalized spacial score (nSPS) is 11.8. The van der Waals surface area contributed by atoms with Gasteiger partial charge in [0.1, 0.15) is 0 Å². The smallest absolute Gasteiger partial charge is 0.0873 e. The van der Waals surface area contributed by atoms with Gasteiger partial charge in [0.05, 0.1) is 4.01 Å². The minimum Gasteiger partial charge on any atom is -0.130 e. The van der Waals surface area contributed by atoms with E-state index >= 15 is 0 Å². The molecular weight excluding hydrogens is 196 g/mol. The Morgan fingerprint density at radius 1 is 1.15 bits per heavy atom. The lowest BCUT2D eigenvalue weighted by Crippen LogP contribution is -1.85. The maximum absolute atomic E-state index is 2.33. The molecule has 13 heavy (non-hydrogen) atoms. The summed E-state index contributed by atoms with van der Waals surface area (Å²) in [5.74, 6) is 0.655. The molecule has 0 aliphatic heterocycles. The third kappa shape index (κ3) is 1.42. The molecule has 2 rings (SSSR count). The van der Waals surface area contributed by atoms with E-state index in [4.69, 9.17) is 0 Å². The predicted octanol–water partition coefficient (Wildman–Crippen LogP) is 4.70. The van der Waals surface area contributed by atoms with Crippen molar-refractivity contribution in [1.82, 2.24) is 0 Å². The van der Waals surface area contributed by atoms with Crippen molar-refractivity contribution >= 4 is 32.1 Å². The SMILES string of the molecule is Cc1cc2c(C(C)C)c(C)sc2s1. The molecule has 0 aliphatic rings. The highest BCUT2D eigenvalue weighted by Crippen LogP contribution is 2.40. The zero-order chi connectivity index (χ0) is 9.59. The van der Waals surface area contributed by atoms with E-state index in [1.165, 1.54) is 19.2 Å². The third-order valence-electron chi connectivity index (χ3n) is 2.31. The highest BCUT2D eigenvalue weighted by Gasteiger charge is 2.13. The first-order valence-electron chi connectivity index (χ1n) is 4.59. The Hall–Kier alpha value is -0.340. The summed E-state index contributed by atoms with van der Waals surface area (Å²) in [6.45, 7) is 8.99. The molecule has 0 nitrogen and oxygen atoms in total. The molecule has 0 saturated heterocycles. The summed E-state index contributed by atoms with van der Waals surface area (Å²) in [6, 6.07) is 2.33. The van der Waals surface area contributed by atoms with Crippen molar-refractivity contribution in [2.24, 2.45) is 0 Å². The number of fused-ring (bicyclic) bond motifs is 1. The number of thiophene rings is 2. The molecule has 2 heteroatoms. The fourth-order valence-corrected chi connectivity index (χ4v) is 4.55. The molecule has 0 bridgehead atoms. The number of aryl methyl sites for hydroxylation is 2. The molecule has 2 heterocycles. The lowest BCUT2D eigenvalue weighted by Gasteiger charge is -2.03. The Balaban J connectivity index is 2.75. The molecule has 0 unspecified atom stereocenters. The maximum atomic E-state index is 2.33. The highest BCUT2D eigenvalue weighted by atomic mass is 32.2. The average molecular weight is 210 g/mol. The minimum atomic E-state index is 0.655. The lowest BCUT2D eigenvalue weighted by molar-refractivity contribution is 0.873. The van der Waals surface area contributed by atoms with Gasteiger partial charge in [-0.25, -0.2) is 0 Å². The van der Waals surface area contributed by atoms with Crippen molar-refractivity contribution in [3.05, 3.63) is 21.4 Å². The summed E-state index contributed by atoms with van der Waals surface area (Å²) in [5.41, 5.74) is 1.56. The summed E-state index contributed by atoms with van der Waals surface area (Å²) in [5, 5.41) is 1.50. The quantitative estimate of drug-likeness (QED) is 0.640. The second-order valence-corrected chi connectivity index (χ2v) is 6.52. The first-order valence-corrected chi connectivity index (χ1v) is 6.22. The van der Waals surface area contributed by atoms with Gasteiger partial charge in [-0.3, -0.25) is 0 Å². The van der Waals surface area contributed by atoms with Crippen molar-refractivity contribution < 1.29 is 0 Å². The summed E-state index contributed by atoms with van der Waals surface area (Å²) < 4.78 is 1.50. The molecule has 0 spiro atoms. The summed E-state index contributed by atoms with van der Waals surface area (Å²) in [4.78, 5) is 2.93. The van der Waals surface area contributed by atoms with Gasteiger partial charge < -0.3 is 0 Å². The first-order chi connectivity index (χ1) is 6.09. The molecule has 0 radical (unpaired) electrons. The summed E-state index contributed by atoms with van der Waals surface area (Å²) >= 11 is 3.87.